The highest BCUT2D eigenvalue weighted by Gasteiger charge is 2.42. The molecular formula is C17H17N3O7S. The van der Waals surface area contributed by atoms with E-state index in [0.29, 0.717) is 11.3 Å². The number of cyclic esters (lactones) is 1. The molecule has 11 heteroatoms. The average molecular weight is 407 g/mol. The normalized spacial score (nSPS) is 19.4. The van der Waals surface area contributed by atoms with Crippen molar-refractivity contribution >= 4 is 33.6 Å². The third kappa shape index (κ3) is 4.21. The molecule has 28 heavy (non-hydrogen) atoms. The van der Waals surface area contributed by atoms with Gasteiger partial charge in [0.25, 0.3) is 16.0 Å². The van der Waals surface area contributed by atoms with E-state index in [-0.39, 0.29) is 11.6 Å². The zero-order valence-corrected chi connectivity index (χ0v) is 15.7. The quantitative estimate of drug-likeness (QED) is 0.437. The Labute approximate surface area is 160 Å². The number of hydrogen-bond acceptors (Lipinski definition) is 8. The number of ether oxygens (including phenoxy) is 1. The van der Waals surface area contributed by atoms with Gasteiger partial charge in [-0.1, -0.05) is 0 Å². The van der Waals surface area contributed by atoms with Gasteiger partial charge in [0, 0.05) is 11.3 Å². The predicted molar refractivity (Wildman–Crippen MR) is 97.6 cm³/mol. The van der Waals surface area contributed by atoms with Crippen molar-refractivity contribution in [3.8, 4) is 0 Å². The molecule has 2 N–H and O–H groups in total. The first-order valence-electron chi connectivity index (χ1n) is 8.07. The molecule has 0 bridgehead atoms. The van der Waals surface area contributed by atoms with E-state index < -0.39 is 34.5 Å². The maximum absolute atomic E-state index is 12.1. The number of nitrogens with one attached hydrogen (secondary N) is 2. The van der Waals surface area contributed by atoms with Gasteiger partial charge in [-0.2, -0.15) is 8.42 Å². The van der Waals surface area contributed by atoms with Gasteiger partial charge in [-0.3, -0.25) is 15.1 Å². The standard InChI is InChI=1S/C17H17N3O7S/c1-10-16(27-28(2,23)24)26-17(22)20(10)12-7-5-11(6-8-12)14(18)19-15(21)13-4-3-9-25-13/h3-10,16H,1-2H3,(H2,18,19,21). The van der Waals surface area contributed by atoms with Crippen LogP contribution in [0, 0.1) is 5.41 Å². The summed E-state index contributed by atoms with van der Waals surface area (Å²) in [6, 6.07) is 8.50. The summed E-state index contributed by atoms with van der Waals surface area (Å²) in [6.45, 7) is 1.58. The fourth-order valence-corrected chi connectivity index (χ4v) is 3.14. The van der Waals surface area contributed by atoms with Gasteiger partial charge in [-0.15, -0.1) is 0 Å². The maximum Gasteiger partial charge on any atom is 0.417 e. The van der Waals surface area contributed by atoms with E-state index in [1.807, 2.05) is 0 Å². The smallest absolute Gasteiger partial charge is 0.417 e. The lowest BCUT2D eigenvalue weighted by Gasteiger charge is -2.20. The van der Waals surface area contributed by atoms with E-state index in [2.05, 4.69) is 5.32 Å². The molecule has 2 atom stereocenters. The lowest BCUT2D eigenvalue weighted by Crippen LogP contribution is -2.36. The van der Waals surface area contributed by atoms with Crippen molar-refractivity contribution in [3.05, 3.63) is 54.0 Å². The molecule has 1 aliphatic heterocycles. The Kier molecular flexibility index (Phi) is 5.21. The number of rotatable bonds is 5. The SMILES string of the molecule is CC1C(OS(C)(=O)=O)OC(=O)N1c1ccc(C(=N)NC(=O)c2ccco2)cc1. The lowest BCUT2D eigenvalue weighted by molar-refractivity contribution is -0.00472. The third-order valence-corrected chi connectivity index (χ3v) is 4.44. The minimum atomic E-state index is -3.80. The van der Waals surface area contributed by atoms with Crippen LogP contribution in [0.4, 0.5) is 10.5 Å². The van der Waals surface area contributed by atoms with Crippen molar-refractivity contribution in [1.29, 1.82) is 5.41 Å². The number of amidine groups is 1. The lowest BCUT2D eigenvalue weighted by atomic mass is 10.1. The van der Waals surface area contributed by atoms with E-state index >= 15 is 0 Å². The fourth-order valence-electron chi connectivity index (χ4n) is 2.60. The number of hydrogen-bond donors (Lipinski definition) is 2. The summed E-state index contributed by atoms with van der Waals surface area (Å²) in [6.07, 6.45) is 0.209. The molecule has 148 valence electrons. The second kappa shape index (κ2) is 7.44. The first kappa shape index (κ1) is 19.6. The van der Waals surface area contributed by atoms with Gasteiger partial charge in [0.15, 0.2) is 5.76 Å². The van der Waals surface area contributed by atoms with Gasteiger partial charge in [0.2, 0.25) is 6.29 Å². The molecule has 2 amide bonds. The largest absolute Gasteiger partial charge is 0.459 e. The van der Waals surface area contributed by atoms with Crippen molar-refractivity contribution in [2.75, 3.05) is 11.2 Å². The number of anilines is 1. The summed E-state index contributed by atoms with van der Waals surface area (Å²) in [5, 5.41) is 10.4. The van der Waals surface area contributed by atoms with Gasteiger partial charge in [-0.05, 0) is 43.3 Å². The molecule has 2 unspecified atom stereocenters. The van der Waals surface area contributed by atoms with E-state index in [0.717, 1.165) is 6.26 Å². The van der Waals surface area contributed by atoms with Crippen molar-refractivity contribution in [2.24, 2.45) is 0 Å². The van der Waals surface area contributed by atoms with E-state index in [9.17, 15) is 18.0 Å². The van der Waals surface area contributed by atoms with Crippen LogP contribution in [0.2, 0.25) is 0 Å². The van der Waals surface area contributed by atoms with Crippen LogP contribution >= 0.6 is 0 Å². The number of furan rings is 1. The summed E-state index contributed by atoms with van der Waals surface area (Å²) < 4.78 is 37.3. The van der Waals surface area contributed by atoms with Gasteiger partial charge in [0.1, 0.15) is 11.9 Å². The van der Waals surface area contributed by atoms with Crippen LogP contribution in [0.1, 0.15) is 23.0 Å². The Bertz CT molecular complexity index is 1000. The minimum Gasteiger partial charge on any atom is -0.459 e. The highest BCUT2D eigenvalue weighted by Crippen LogP contribution is 2.28. The maximum atomic E-state index is 12.1. The summed E-state index contributed by atoms with van der Waals surface area (Å²) >= 11 is 0. The molecule has 10 nitrogen and oxygen atoms in total. The molecule has 0 spiro atoms. The topological polar surface area (TPSA) is 139 Å². The summed E-state index contributed by atoms with van der Waals surface area (Å²) in [5.41, 5.74) is 0.818. The molecule has 1 aromatic heterocycles. The van der Waals surface area contributed by atoms with Crippen LogP contribution in [0.5, 0.6) is 0 Å². The molecule has 1 aliphatic rings. The predicted octanol–water partition coefficient (Wildman–Crippen LogP) is 1.68. The number of nitrogens with zero attached hydrogens (tertiary/aromatic N) is 1. The highest BCUT2D eigenvalue weighted by molar-refractivity contribution is 7.86. The van der Waals surface area contributed by atoms with Crippen molar-refractivity contribution in [3.63, 3.8) is 0 Å². The van der Waals surface area contributed by atoms with Crippen LogP contribution < -0.4 is 10.2 Å². The molecule has 1 fully saturated rings. The van der Waals surface area contributed by atoms with Crippen LogP contribution in [-0.2, 0) is 19.0 Å². The second-order valence-electron chi connectivity index (χ2n) is 6.02. The monoisotopic (exact) mass is 407 g/mol. The number of benzene rings is 1. The van der Waals surface area contributed by atoms with Crippen LogP contribution in [0.25, 0.3) is 0 Å². The van der Waals surface area contributed by atoms with Crippen LogP contribution in [-0.4, -0.2) is 44.8 Å². The molecule has 1 saturated heterocycles. The molecular weight excluding hydrogens is 390 g/mol. The van der Waals surface area contributed by atoms with Crippen molar-refractivity contribution in [1.82, 2.24) is 5.32 Å². The van der Waals surface area contributed by atoms with Crippen LogP contribution in [0.3, 0.4) is 0 Å². The Balaban J connectivity index is 1.71. The molecule has 3 rings (SSSR count). The molecule has 2 heterocycles. The second-order valence-corrected chi connectivity index (χ2v) is 7.62. The Morgan fingerprint density at radius 1 is 1.25 bits per heavy atom. The van der Waals surface area contributed by atoms with Gasteiger partial charge in [-0.25, -0.2) is 8.98 Å². The fraction of sp³-hybridized carbons (Fsp3) is 0.235. The minimum absolute atomic E-state index is 0.0759. The molecule has 0 aliphatic carbocycles. The Hall–Kier alpha value is -3.18. The zero-order chi connectivity index (χ0) is 20.5. The molecule has 0 radical (unpaired) electrons. The van der Waals surface area contributed by atoms with E-state index in [1.165, 1.54) is 29.4 Å². The number of amides is 2. The van der Waals surface area contributed by atoms with Gasteiger partial charge >= 0.3 is 6.09 Å². The summed E-state index contributed by atoms with van der Waals surface area (Å²) in [7, 11) is -3.80. The third-order valence-electron chi connectivity index (χ3n) is 3.90. The van der Waals surface area contributed by atoms with Crippen molar-refractivity contribution < 1.29 is 31.3 Å². The highest BCUT2D eigenvalue weighted by atomic mass is 32.2. The summed E-state index contributed by atoms with van der Waals surface area (Å²) in [5.74, 6) is -0.633. The van der Waals surface area contributed by atoms with Gasteiger partial charge in [0.05, 0.1) is 12.5 Å². The van der Waals surface area contributed by atoms with Crippen molar-refractivity contribution in [2.45, 2.75) is 19.3 Å². The Morgan fingerprint density at radius 2 is 1.93 bits per heavy atom. The first-order chi connectivity index (χ1) is 13.2. The van der Waals surface area contributed by atoms with E-state index in [4.69, 9.17) is 18.7 Å². The summed E-state index contributed by atoms with van der Waals surface area (Å²) in [4.78, 5) is 25.3. The van der Waals surface area contributed by atoms with E-state index in [1.54, 1.807) is 25.1 Å². The zero-order valence-electron chi connectivity index (χ0n) is 14.9. The van der Waals surface area contributed by atoms with Crippen LogP contribution in [0.15, 0.2) is 47.1 Å². The molecule has 0 saturated carbocycles. The number of carbonyl (C=O) groups is 2. The first-order valence-corrected chi connectivity index (χ1v) is 9.89. The molecule has 1 aromatic carbocycles. The number of carbonyl (C=O) groups excluding carboxylic acids is 2. The average Bonchev–Trinajstić information content (AvgIpc) is 3.23. The molecule has 2 aromatic rings. The van der Waals surface area contributed by atoms with Gasteiger partial charge < -0.3 is 14.5 Å². The Morgan fingerprint density at radius 3 is 2.50 bits per heavy atom.